The highest BCUT2D eigenvalue weighted by Crippen LogP contribution is 2.13. The van der Waals surface area contributed by atoms with Gasteiger partial charge in [-0.25, -0.2) is 14.7 Å². The monoisotopic (exact) mass is 344 g/mol. The molecule has 2 aromatic rings. The van der Waals surface area contributed by atoms with Crippen molar-refractivity contribution >= 4 is 6.03 Å². The van der Waals surface area contributed by atoms with Crippen LogP contribution in [0.5, 0.6) is 0 Å². The number of nitrogens with one attached hydrogen (secondary N) is 3. The number of urea groups is 1. The van der Waals surface area contributed by atoms with Gasteiger partial charge < -0.3 is 10.6 Å². The van der Waals surface area contributed by atoms with E-state index in [9.17, 15) is 9.59 Å². The van der Waals surface area contributed by atoms with Crippen molar-refractivity contribution < 1.29 is 4.79 Å². The number of nitrogens with zero attached hydrogens (tertiary/aromatic N) is 3. The van der Waals surface area contributed by atoms with Crippen LogP contribution in [0.4, 0.5) is 4.79 Å². The van der Waals surface area contributed by atoms with Gasteiger partial charge >= 0.3 is 11.7 Å². The Balaban J connectivity index is 1.47. The Hall–Kier alpha value is -2.61. The summed E-state index contributed by atoms with van der Waals surface area (Å²) in [5.74, 6) is 0.497. The summed E-state index contributed by atoms with van der Waals surface area (Å²) in [6.45, 7) is 4.48. The van der Waals surface area contributed by atoms with Gasteiger partial charge in [-0.1, -0.05) is 30.3 Å². The summed E-state index contributed by atoms with van der Waals surface area (Å²) in [6.07, 6.45) is 0.926. The zero-order chi connectivity index (χ0) is 17.8. The molecule has 8 heteroatoms. The van der Waals surface area contributed by atoms with Crippen molar-refractivity contribution in [1.82, 2.24) is 30.3 Å². The van der Waals surface area contributed by atoms with Gasteiger partial charge in [0, 0.05) is 32.7 Å². The van der Waals surface area contributed by atoms with Crippen molar-refractivity contribution in [3.63, 3.8) is 0 Å². The van der Waals surface area contributed by atoms with E-state index in [1.54, 1.807) is 14.0 Å². The Labute approximate surface area is 146 Å². The summed E-state index contributed by atoms with van der Waals surface area (Å²) >= 11 is 0. The maximum absolute atomic E-state index is 12.2. The summed E-state index contributed by atoms with van der Waals surface area (Å²) < 4.78 is 1.39. The highest BCUT2D eigenvalue weighted by molar-refractivity contribution is 5.74. The fraction of sp³-hybridized carbons (Fsp3) is 0.471. The lowest BCUT2D eigenvalue weighted by atomic mass is 10.2. The molecule has 1 fully saturated rings. The Morgan fingerprint density at radius 2 is 2.16 bits per heavy atom. The lowest BCUT2D eigenvalue weighted by Gasteiger charge is -2.18. The van der Waals surface area contributed by atoms with E-state index < -0.39 is 0 Å². The number of benzene rings is 1. The SMILES string of the molecule is C[C@H](NC(=O)N[C@H]1CCN(Cc2ccccc2)C1)c1n[nH]c(=O)n1C. The molecule has 0 saturated carbocycles. The van der Waals surface area contributed by atoms with Crippen molar-refractivity contribution in [1.29, 1.82) is 0 Å². The number of carbonyl (C=O) groups is 1. The first kappa shape index (κ1) is 17.2. The maximum Gasteiger partial charge on any atom is 0.343 e. The van der Waals surface area contributed by atoms with E-state index in [-0.39, 0.29) is 23.8 Å². The van der Waals surface area contributed by atoms with Crippen molar-refractivity contribution in [3.05, 3.63) is 52.2 Å². The van der Waals surface area contributed by atoms with Crippen molar-refractivity contribution in [2.24, 2.45) is 7.05 Å². The largest absolute Gasteiger partial charge is 0.343 e. The molecule has 3 N–H and O–H groups in total. The van der Waals surface area contributed by atoms with Gasteiger partial charge in [-0.2, -0.15) is 5.10 Å². The third-order valence-electron chi connectivity index (χ3n) is 4.51. The molecule has 25 heavy (non-hydrogen) atoms. The van der Waals surface area contributed by atoms with E-state index in [1.807, 2.05) is 18.2 Å². The van der Waals surface area contributed by atoms with Crippen molar-refractivity contribution in [2.45, 2.75) is 32.0 Å². The number of aromatic amines is 1. The first-order chi connectivity index (χ1) is 12.0. The van der Waals surface area contributed by atoms with Gasteiger partial charge in [0.25, 0.3) is 0 Å². The van der Waals surface area contributed by atoms with E-state index in [0.29, 0.717) is 5.82 Å². The smallest absolute Gasteiger partial charge is 0.334 e. The normalized spacial score (nSPS) is 18.9. The topological polar surface area (TPSA) is 95.1 Å². The van der Waals surface area contributed by atoms with Gasteiger partial charge in [0.15, 0.2) is 5.82 Å². The Morgan fingerprint density at radius 1 is 1.40 bits per heavy atom. The standard InChI is InChI=1S/C17H24N6O2/c1-12(15-20-21-17(25)22(15)2)18-16(24)19-14-8-9-23(11-14)10-13-6-4-3-5-7-13/h3-7,12,14H,8-11H2,1-2H3,(H,21,25)(H2,18,19,24)/t12-,14-/m0/s1. The van der Waals surface area contributed by atoms with Crippen molar-refractivity contribution in [2.75, 3.05) is 13.1 Å². The molecule has 0 spiro atoms. The van der Waals surface area contributed by atoms with Crippen molar-refractivity contribution in [3.8, 4) is 0 Å². The minimum absolute atomic E-state index is 0.124. The van der Waals surface area contributed by atoms with E-state index in [4.69, 9.17) is 0 Å². The van der Waals surface area contributed by atoms with Gasteiger partial charge in [0.2, 0.25) is 0 Å². The fourth-order valence-corrected chi connectivity index (χ4v) is 3.17. The molecule has 8 nitrogen and oxygen atoms in total. The van der Waals surface area contributed by atoms with Gasteiger partial charge in [0.05, 0.1) is 6.04 Å². The predicted molar refractivity (Wildman–Crippen MR) is 94.0 cm³/mol. The van der Waals surface area contributed by atoms with Crippen LogP contribution in [0.25, 0.3) is 0 Å². The molecule has 2 heterocycles. The number of aromatic nitrogens is 3. The molecule has 2 amide bonds. The fourth-order valence-electron chi connectivity index (χ4n) is 3.17. The number of rotatable bonds is 5. The van der Waals surface area contributed by atoms with Gasteiger partial charge in [-0.3, -0.25) is 9.47 Å². The van der Waals surface area contributed by atoms with Gasteiger partial charge in [0.1, 0.15) is 0 Å². The summed E-state index contributed by atoms with van der Waals surface area (Å²) in [5, 5.41) is 12.1. The minimum Gasteiger partial charge on any atom is -0.334 e. The molecular formula is C17H24N6O2. The predicted octanol–water partition coefficient (Wildman–Crippen LogP) is 0.743. The molecule has 1 aliphatic rings. The lowest BCUT2D eigenvalue weighted by molar-refractivity contribution is 0.232. The number of amides is 2. The van der Waals surface area contributed by atoms with Crippen LogP contribution >= 0.6 is 0 Å². The van der Waals surface area contributed by atoms with E-state index in [2.05, 4.69) is 37.9 Å². The molecule has 0 aliphatic carbocycles. The minimum atomic E-state index is -0.356. The van der Waals surface area contributed by atoms with Crippen LogP contribution in [-0.4, -0.2) is 44.8 Å². The van der Waals surface area contributed by atoms with Crippen LogP contribution in [0.1, 0.15) is 30.8 Å². The molecular weight excluding hydrogens is 320 g/mol. The molecule has 3 rings (SSSR count). The molecule has 134 valence electrons. The van der Waals surface area contributed by atoms with E-state index in [1.165, 1.54) is 10.1 Å². The lowest BCUT2D eigenvalue weighted by Crippen LogP contribution is -2.44. The highest BCUT2D eigenvalue weighted by atomic mass is 16.2. The summed E-state index contributed by atoms with van der Waals surface area (Å²) in [6, 6.07) is 9.85. The first-order valence-corrected chi connectivity index (χ1v) is 8.47. The molecule has 1 aliphatic heterocycles. The second-order valence-electron chi connectivity index (χ2n) is 6.49. The van der Waals surface area contributed by atoms with Crippen LogP contribution < -0.4 is 16.3 Å². The molecule has 0 unspecified atom stereocenters. The number of hydrogen-bond acceptors (Lipinski definition) is 4. The molecule has 1 saturated heterocycles. The van der Waals surface area contributed by atoms with E-state index >= 15 is 0 Å². The van der Waals surface area contributed by atoms with Crippen LogP contribution in [0, 0.1) is 0 Å². The zero-order valence-corrected chi connectivity index (χ0v) is 14.5. The molecule has 1 aromatic carbocycles. The Kier molecular flexibility index (Phi) is 5.18. The zero-order valence-electron chi connectivity index (χ0n) is 14.5. The average Bonchev–Trinajstić information content (AvgIpc) is 3.15. The number of likely N-dealkylation sites (tertiary alicyclic amines) is 1. The number of H-pyrrole nitrogens is 1. The Morgan fingerprint density at radius 3 is 2.84 bits per heavy atom. The van der Waals surface area contributed by atoms with E-state index in [0.717, 1.165) is 26.1 Å². The van der Waals surface area contributed by atoms with Gasteiger partial charge in [-0.05, 0) is 18.9 Å². The maximum atomic E-state index is 12.2. The first-order valence-electron chi connectivity index (χ1n) is 8.47. The van der Waals surface area contributed by atoms with Crippen LogP contribution in [-0.2, 0) is 13.6 Å². The molecule has 0 bridgehead atoms. The van der Waals surface area contributed by atoms with Crippen LogP contribution in [0.3, 0.4) is 0 Å². The molecule has 0 radical (unpaired) electrons. The third-order valence-corrected chi connectivity index (χ3v) is 4.51. The average molecular weight is 344 g/mol. The quantitative estimate of drug-likeness (QED) is 0.746. The second kappa shape index (κ2) is 7.52. The molecule has 1 aromatic heterocycles. The number of carbonyl (C=O) groups excluding carboxylic acids is 1. The summed E-state index contributed by atoms with van der Waals surface area (Å²) in [5.41, 5.74) is 0.983. The molecule has 2 atom stereocenters. The van der Waals surface area contributed by atoms with Crippen LogP contribution in [0.15, 0.2) is 35.1 Å². The third kappa shape index (κ3) is 4.27. The highest BCUT2D eigenvalue weighted by Gasteiger charge is 2.24. The van der Waals surface area contributed by atoms with Gasteiger partial charge in [-0.15, -0.1) is 0 Å². The summed E-state index contributed by atoms with van der Waals surface area (Å²) in [4.78, 5) is 25.9. The Bertz CT molecular complexity index is 769. The number of hydrogen-bond donors (Lipinski definition) is 3. The van der Waals surface area contributed by atoms with Crippen LogP contribution in [0.2, 0.25) is 0 Å². The second-order valence-corrected chi connectivity index (χ2v) is 6.49. The summed E-state index contributed by atoms with van der Waals surface area (Å²) in [7, 11) is 1.62.